The number of nitrogens with zero attached hydrogens (tertiary/aromatic N) is 6. The van der Waals surface area contributed by atoms with Gasteiger partial charge in [-0.2, -0.15) is 0 Å². The number of aromatic nitrogens is 2. The molecule has 0 saturated carbocycles. The van der Waals surface area contributed by atoms with E-state index >= 15 is 0 Å². The number of guanidine groups is 1. The van der Waals surface area contributed by atoms with Crippen molar-refractivity contribution in [2.24, 2.45) is 4.99 Å². The third-order valence-electron chi connectivity index (χ3n) is 5.31. The first kappa shape index (κ1) is 22.2. The van der Waals surface area contributed by atoms with Crippen LogP contribution in [0.25, 0.3) is 0 Å². The van der Waals surface area contributed by atoms with Crippen molar-refractivity contribution >= 4 is 47.2 Å². The molecule has 4 heterocycles. The number of fused-ring (bicyclic) bond motifs is 1. The maximum Gasteiger partial charge on any atom is 0.225 e. The van der Waals surface area contributed by atoms with Crippen LogP contribution in [0.1, 0.15) is 17.4 Å². The third kappa shape index (κ3) is 5.79. The Morgan fingerprint density at radius 3 is 2.72 bits per heavy atom. The molecule has 2 aliphatic heterocycles. The van der Waals surface area contributed by atoms with Crippen LogP contribution in [-0.4, -0.2) is 78.1 Å². The summed E-state index contributed by atoms with van der Waals surface area (Å²) in [5, 5.41) is 5.68. The topological polar surface area (TPSA) is 59.9 Å². The van der Waals surface area contributed by atoms with Crippen molar-refractivity contribution in [3.05, 3.63) is 40.3 Å². The Morgan fingerprint density at radius 1 is 1.17 bits per heavy atom. The minimum absolute atomic E-state index is 0. The number of halogens is 1. The van der Waals surface area contributed by atoms with Gasteiger partial charge < -0.3 is 15.1 Å². The van der Waals surface area contributed by atoms with Crippen molar-refractivity contribution in [3.8, 4) is 0 Å². The van der Waals surface area contributed by atoms with E-state index < -0.39 is 0 Å². The monoisotopic (exact) mass is 527 g/mol. The maximum absolute atomic E-state index is 4.92. The second-order valence-corrected chi connectivity index (χ2v) is 8.15. The average molecular weight is 527 g/mol. The Labute approximate surface area is 194 Å². The van der Waals surface area contributed by atoms with Crippen molar-refractivity contribution in [1.82, 2.24) is 25.1 Å². The Morgan fingerprint density at radius 2 is 1.97 bits per heavy atom. The fourth-order valence-electron chi connectivity index (χ4n) is 3.79. The molecule has 0 aliphatic carbocycles. The molecule has 2 aromatic heterocycles. The van der Waals surface area contributed by atoms with E-state index in [1.807, 2.05) is 17.4 Å². The molecule has 2 aromatic rings. The maximum atomic E-state index is 4.92. The largest absolute Gasteiger partial charge is 0.357 e. The number of piperazine rings is 1. The van der Waals surface area contributed by atoms with Gasteiger partial charge in [0.25, 0.3) is 0 Å². The molecule has 9 heteroatoms. The minimum atomic E-state index is 0. The molecule has 0 aromatic carbocycles. The predicted octanol–water partition coefficient (Wildman–Crippen LogP) is 2.30. The number of hydrogen-bond acceptors (Lipinski definition) is 6. The molecule has 0 spiro atoms. The summed E-state index contributed by atoms with van der Waals surface area (Å²) < 4.78 is 0. The van der Waals surface area contributed by atoms with Gasteiger partial charge in [-0.15, -0.1) is 35.3 Å². The fraction of sp³-hybridized carbons (Fsp3) is 0.550. The standard InChI is InChI=1S/C20H29N7S.HI/c1-2-21-19(24-8-10-25-9-4-18-17(16-25)5-15-28-18)26-11-13-27(14-12-26)20-22-6-3-7-23-20;/h3,5-7,15H,2,4,8-14,16H2,1H3,(H,21,24);1H. The van der Waals surface area contributed by atoms with Crippen LogP contribution in [0.3, 0.4) is 0 Å². The molecule has 0 atom stereocenters. The zero-order valence-corrected chi connectivity index (χ0v) is 20.1. The lowest BCUT2D eigenvalue weighted by molar-refractivity contribution is 0.263. The first-order chi connectivity index (χ1) is 13.8. The van der Waals surface area contributed by atoms with E-state index in [0.29, 0.717) is 0 Å². The minimum Gasteiger partial charge on any atom is -0.357 e. The molecule has 1 N–H and O–H groups in total. The summed E-state index contributed by atoms with van der Waals surface area (Å²) in [6.07, 6.45) is 4.79. The fourth-order valence-corrected chi connectivity index (χ4v) is 4.68. The molecule has 2 aliphatic rings. The SMILES string of the molecule is CCNC(=NCCN1CCc2sccc2C1)N1CCN(c2ncccn2)CC1.I. The van der Waals surface area contributed by atoms with E-state index in [0.717, 1.165) is 70.8 Å². The van der Waals surface area contributed by atoms with Crippen molar-refractivity contribution in [1.29, 1.82) is 0 Å². The number of nitrogens with one attached hydrogen (secondary N) is 1. The van der Waals surface area contributed by atoms with Gasteiger partial charge in [0, 0.05) is 69.6 Å². The Balaban J connectivity index is 0.00000240. The van der Waals surface area contributed by atoms with E-state index in [9.17, 15) is 0 Å². The summed E-state index contributed by atoms with van der Waals surface area (Å²) in [7, 11) is 0. The third-order valence-corrected chi connectivity index (χ3v) is 6.34. The van der Waals surface area contributed by atoms with E-state index in [1.54, 1.807) is 17.3 Å². The van der Waals surface area contributed by atoms with Crippen LogP contribution in [0.15, 0.2) is 34.9 Å². The summed E-state index contributed by atoms with van der Waals surface area (Å²) in [6, 6.07) is 4.13. The summed E-state index contributed by atoms with van der Waals surface area (Å²) in [4.78, 5) is 22.3. The summed E-state index contributed by atoms with van der Waals surface area (Å²) in [5.74, 6) is 1.85. The van der Waals surface area contributed by atoms with Gasteiger partial charge in [0.15, 0.2) is 5.96 Å². The van der Waals surface area contributed by atoms with Gasteiger partial charge in [-0.25, -0.2) is 9.97 Å². The lowest BCUT2D eigenvalue weighted by Gasteiger charge is -2.36. The highest BCUT2D eigenvalue weighted by Crippen LogP contribution is 2.23. The van der Waals surface area contributed by atoms with Gasteiger partial charge >= 0.3 is 0 Å². The van der Waals surface area contributed by atoms with Crippen LogP contribution < -0.4 is 10.2 Å². The van der Waals surface area contributed by atoms with E-state index in [-0.39, 0.29) is 24.0 Å². The van der Waals surface area contributed by atoms with Crippen molar-refractivity contribution in [3.63, 3.8) is 0 Å². The van der Waals surface area contributed by atoms with E-state index in [1.165, 1.54) is 12.0 Å². The highest BCUT2D eigenvalue weighted by atomic mass is 127. The second-order valence-electron chi connectivity index (χ2n) is 7.15. The lowest BCUT2D eigenvalue weighted by Crippen LogP contribution is -2.53. The molecule has 1 saturated heterocycles. The van der Waals surface area contributed by atoms with Gasteiger partial charge in [0.05, 0.1) is 6.54 Å². The lowest BCUT2D eigenvalue weighted by atomic mass is 10.1. The number of thiophene rings is 1. The highest BCUT2D eigenvalue weighted by molar-refractivity contribution is 14.0. The summed E-state index contributed by atoms with van der Waals surface area (Å²) in [5.41, 5.74) is 1.51. The van der Waals surface area contributed by atoms with Crippen molar-refractivity contribution in [2.45, 2.75) is 19.9 Å². The van der Waals surface area contributed by atoms with Crippen LogP contribution in [-0.2, 0) is 13.0 Å². The van der Waals surface area contributed by atoms with Crippen molar-refractivity contribution in [2.75, 3.05) is 57.3 Å². The zero-order chi connectivity index (χ0) is 19.2. The van der Waals surface area contributed by atoms with Crippen LogP contribution in [0, 0.1) is 0 Å². The van der Waals surface area contributed by atoms with Crippen LogP contribution in [0.5, 0.6) is 0 Å². The zero-order valence-electron chi connectivity index (χ0n) is 17.0. The molecule has 4 rings (SSSR count). The Kier molecular flexibility index (Phi) is 8.49. The van der Waals surface area contributed by atoms with Gasteiger partial charge in [-0.3, -0.25) is 9.89 Å². The molecular formula is C20H30IN7S. The molecular weight excluding hydrogens is 497 g/mol. The first-order valence-corrected chi connectivity index (χ1v) is 11.0. The first-order valence-electron chi connectivity index (χ1n) is 10.2. The van der Waals surface area contributed by atoms with Gasteiger partial charge in [0.2, 0.25) is 5.95 Å². The van der Waals surface area contributed by atoms with Crippen LogP contribution >= 0.6 is 35.3 Å². The molecule has 1 fully saturated rings. The van der Waals surface area contributed by atoms with Crippen LogP contribution in [0.4, 0.5) is 5.95 Å². The van der Waals surface area contributed by atoms with Gasteiger partial charge in [-0.1, -0.05) is 0 Å². The summed E-state index contributed by atoms with van der Waals surface area (Å²) in [6.45, 7) is 10.8. The molecule has 7 nitrogen and oxygen atoms in total. The van der Waals surface area contributed by atoms with Gasteiger partial charge in [-0.05, 0) is 36.4 Å². The second kappa shape index (κ2) is 11.1. The Hall–Kier alpha value is -1.46. The average Bonchev–Trinajstić information content (AvgIpc) is 3.22. The highest BCUT2D eigenvalue weighted by Gasteiger charge is 2.21. The molecule has 0 amide bonds. The van der Waals surface area contributed by atoms with E-state index in [2.05, 4.69) is 48.4 Å². The quantitative estimate of drug-likeness (QED) is 0.366. The number of hydrogen-bond donors (Lipinski definition) is 1. The van der Waals surface area contributed by atoms with Gasteiger partial charge in [0.1, 0.15) is 0 Å². The molecule has 0 radical (unpaired) electrons. The number of aliphatic imine (C=N–C) groups is 1. The Bertz CT molecular complexity index is 774. The molecule has 0 unspecified atom stereocenters. The van der Waals surface area contributed by atoms with Crippen LogP contribution in [0.2, 0.25) is 0 Å². The molecule has 29 heavy (non-hydrogen) atoms. The summed E-state index contributed by atoms with van der Waals surface area (Å²) >= 11 is 1.90. The molecule has 0 bridgehead atoms. The normalized spacial score (nSPS) is 17.6. The predicted molar refractivity (Wildman–Crippen MR) is 131 cm³/mol. The van der Waals surface area contributed by atoms with E-state index in [4.69, 9.17) is 4.99 Å². The van der Waals surface area contributed by atoms with Crippen molar-refractivity contribution < 1.29 is 0 Å². The smallest absolute Gasteiger partial charge is 0.225 e. The molecule has 158 valence electrons. The number of rotatable bonds is 5. The number of anilines is 1.